The Kier molecular flexibility index (Phi) is 2.55. The molecule has 84 valence electrons. The van der Waals surface area contributed by atoms with Gasteiger partial charge < -0.3 is 0 Å². The molecule has 1 unspecified atom stereocenters. The smallest absolute Gasteiger partial charge is 0.163 e. The lowest BCUT2D eigenvalue weighted by atomic mass is 9.77. The predicted octanol–water partition coefficient (Wildman–Crippen LogP) is 3.94. The molecule has 1 saturated carbocycles. The highest BCUT2D eigenvalue weighted by Gasteiger charge is 2.34. The third kappa shape index (κ3) is 1.59. The van der Waals surface area contributed by atoms with Crippen LogP contribution in [0.4, 0.5) is 0 Å². The van der Waals surface area contributed by atoms with Gasteiger partial charge in [0.05, 0.1) is 0 Å². The Bertz CT molecular complexity index is 402. The van der Waals surface area contributed by atoms with Gasteiger partial charge in [-0.2, -0.15) is 0 Å². The fraction of sp³-hybridized carbons (Fsp3) is 0.533. The van der Waals surface area contributed by atoms with Gasteiger partial charge in [-0.1, -0.05) is 43.5 Å². The number of Topliss-reactive ketones (excluding diaryl/α,β-unsaturated/α-hetero) is 1. The van der Waals surface area contributed by atoms with Gasteiger partial charge in [-0.25, -0.2) is 0 Å². The van der Waals surface area contributed by atoms with E-state index < -0.39 is 0 Å². The second kappa shape index (κ2) is 4.04. The molecule has 1 aromatic carbocycles. The van der Waals surface area contributed by atoms with Crippen LogP contribution < -0.4 is 0 Å². The van der Waals surface area contributed by atoms with E-state index in [1.165, 1.54) is 37.7 Å². The summed E-state index contributed by atoms with van der Waals surface area (Å²) in [6, 6.07) is 8.23. The van der Waals surface area contributed by atoms with Crippen molar-refractivity contribution in [3.63, 3.8) is 0 Å². The third-order valence-electron chi connectivity index (χ3n) is 4.28. The maximum Gasteiger partial charge on any atom is 0.163 e. The molecule has 0 N–H and O–H groups in total. The molecular formula is C15H18O. The van der Waals surface area contributed by atoms with E-state index in [9.17, 15) is 4.79 Å². The lowest BCUT2D eigenvalue weighted by Gasteiger charge is -2.27. The van der Waals surface area contributed by atoms with E-state index in [4.69, 9.17) is 0 Å². The van der Waals surface area contributed by atoms with Crippen molar-refractivity contribution in [2.75, 3.05) is 0 Å². The Balaban J connectivity index is 1.90. The molecule has 0 amide bonds. The van der Waals surface area contributed by atoms with E-state index in [0.717, 1.165) is 17.9 Å². The molecule has 0 heterocycles. The third-order valence-corrected chi connectivity index (χ3v) is 4.28. The minimum atomic E-state index is 0.367. The standard InChI is InChI=1S/C15H18O/c16-15-10-14(11-6-2-1-3-7-11)12-8-4-5-9-13(12)15/h4-5,8-9,11,14H,1-3,6-7,10H2. The van der Waals surface area contributed by atoms with Crippen molar-refractivity contribution in [3.8, 4) is 0 Å². The van der Waals surface area contributed by atoms with Gasteiger partial charge in [0.1, 0.15) is 0 Å². The molecule has 1 aromatic rings. The molecule has 0 saturated heterocycles. The fourth-order valence-corrected chi connectivity index (χ4v) is 3.45. The molecule has 0 aromatic heterocycles. The van der Waals surface area contributed by atoms with E-state index in [1.54, 1.807) is 0 Å². The molecule has 0 spiro atoms. The Morgan fingerprint density at radius 1 is 1.00 bits per heavy atom. The predicted molar refractivity (Wildman–Crippen MR) is 64.7 cm³/mol. The van der Waals surface area contributed by atoms with Gasteiger partial charge in [0, 0.05) is 12.0 Å². The number of fused-ring (bicyclic) bond motifs is 1. The first kappa shape index (κ1) is 10.1. The fourth-order valence-electron chi connectivity index (χ4n) is 3.45. The maximum absolute atomic E-state index is 11.9. The summed E-state index contributed by atoms with van der Waals surface area (Å²) in [4.78, 5) is 11.9. The second-order valence-corrected chi connectivity index (χ2v) is 5.22. The number of ketones is 1. The molecule has 1 nitrogen and oxygen atoms in total. The average molecular weight is 214 g/mol. The average Bonchev–Trinajstić information content (AvgIpc) is 2.69. The number of rotatable bonds is 1. The van der Waals surface area contributed by atoms with Crippen LogP contribution in [0.25, 0.3) is 0 Å². The first-order chi connectivity index (χ1) is 7.86. The molecule has 1 fully saturated rings. The van der Waals surface area contributed by atoms with Crippen LogP contribution in [-0.4, -0.2) is 5.78 Å². The van der Waals surface area contributed by atoms with Crippen LogP contribution >= 0.6 is 0 Å². The van der Waals surface area contributed by atoms with Crippen molar-refractivity contribution >= 4 is 5.78 Å². The van der Waals surface area contributed by atoms with Gasteiger partial charge in [0.15, 0.2) is 5.78 Å². The van der Waals surface area contributed by atoms with E-state index in [1.807, 2.05) is 12.1 Å². The Morgan fingerprint density at radius 3 is 2.56 bits per heavy atom. The number of carbonyl (C=O) groups excluding carboxylic acids is 1. The molecule has 16 heavy (non-hydrogen) atoms. The van der Waals surface area contributed by atoms with Crippen molar-refractivity contribution < 1.29 is 4.79 Å². The Morgan fingerprint density at radius 2 is 1.75 bits per heavy atom. The van der Waals surface area contributed by atoms with Crippen LogP contribution in [0.2, 0.25) is 0 Å². The normalized spacial score (nSPS) is 25.8. The summed E-state index contributed by atoms with van der Waals surface area (Å²) in [5, 5.41) is 0. The topological polar surface area (TPSA) is 17.1 Å². The van der Waals surface area contributed by atoms with Crippen molar-refractivity contribution in [2.24, 2.45) is 5.92 Å². The molecule has 0 aliphatic heterocycles. The quantitative estimate of drug-likeness (QED) is 0.692. The number of benzene rings is 1. The molecule has 2 aliphatic rings. The van der Waals surface area contributed by atoms with E-state index in [2.05, 4.69) is 12.1 Å². The first-order valence-corrected chi connectivity index (χ1v) is 6.48. The highest BCUT2D eigenvalue weighted by molar-refractivity contribution is 6.01. The largest absolute Gasteiger partial charge is 0.294 e. The van der Waals surface area contributed by atoms with E-state index in [0.29, 0.717) is 11.7 Å². The summed E-state index contributed by atoms with van der Waals surface area (Å²) >= 11 is 0. The van der Waals surface area contributed by atoms with Crippen LogP contribution in [0.1, 0.15) is 60.4 Å². The van der Waals surface area contributed by atoms with Gasteiger partial charge in [-0.15, -0.1) is 0 Å². The first-order valence-electron chi connectivity index (χ1n) is 6.48. The molecule has 3 rings (SSSR count). The van der Waals surface area contributed by atoms with E-state index in [-0.39, 0.29) is 0 Å². The highest BCUT2D eigenvalue weighted by Crippen LogP contribution is 2.43. The summed E-state index contributed by atoms with van der Waals surface area (Å²) in [6.45, 7) is 0. The summed E-state index contributed by atoms with van der Waals surface area (Å²) in [7, 11) is 0. The van der Waals surface area contributed by atoms with Crippen molar-refractivity contribution in [1.29, 1.82) is 0 Å². The van der Waals surface area contributed by atoms with Crippen LogP contribution in [0.3, 0.4) is 0 Å². The monoisotopic (exact) mass is 214 g/mol. The summed E-state index contributed by atoms with van der Waals surface area (Å²) in [5.74, 6) is 1.66. The maximum atomic E-state index is 11.9. The number of hydrogen-bond acceptors (Lipinski definition) is 1. The minimum Gasteiger partial charge on any atom is -0.294 e. The molecule has 1 atom stereocenters. The lowest BCUT2D eigenvalue weighted by molar-refractivity contribution is 0.0979. The van der Waals surface area contributed by atoms with E-state index >= 15 is 0 Å². The molecule has 2 aliphatic carbocycles. The van der Waals surface area contributed by atoms with Gasteiger partial charge in [0.25, 0.3) is 0 Å². The van der Waals surface area contributed by atoms with Crippen molar-refractivity contribution in [1.82, 2.24) is 0 Å². The Labute approximate surface area is 96.9 Å². The zero-order valence-corrected chi connectivity index (χ0v) is 9.61. The zero-order chi connectivity index (χ0) is 11.0. The minimum absolute atomic E-state index is 0.367. The van der Waals surface area contributed by atoms with Gasteiger partial charge in [-0.3, -0.25) is 4.79 Å². The van der Waals surface area contributed by atoms with Gasteiger partial charge in [-0.05, 0) is 30.2 Å². The van der Waals surface area contributed by atoms with Crippen molar-refractivity contribution in [3.05, 3.63) is 35.4 Å². The summed E-state index contributed by atoms with van der Waals surface area (Å²) in [6.07, 6.45) is 7.52. The van der Waals surface area contributed by atoms with Crippen LogP contribution in [0.5, 0.6) is 0 Å². The summed E-state index contributed by atoms with van der Waals surface area (Å²) in [5.41, 5.74) is 2.33. The highest BCUT2D eigenvalue weighted by atomic mass is 16.1. The van der Waals surface area contributed by atoms with Crippen LogP contribution in [0.15, 0.2) is 24.3 Å². The van der Waals surface area contributed by atoms with Crippen LogP contribution in [0, 0.1) is 5.92 Å². The van der Waals surface area contributed by atoms with Gasteiger partial charge in [0.2, 0.25) is 0 Å². The zero-order valence-electron chi connectivity index (χ0n) is 9.61. The van der Waals surface area contributed by atoms with Crippen molar-refractivity contribution in [2.45, 2.75) is 44.4 Å². The number of carbonyl (C=O) groups is 1. The Hall–Kier alpha value is -1.11. The lowest BCUT2D eigenvalue weighted by Crippen LogP contribution is -2.14. The molecule has 0 bridgehead atoms. The molecule has 1 heteroatoms. The molecular weight excluding hydrogens is 196 g/mol. The SMILES string of the molecule is O=C1CC(C2CCCCC2)c2ccccc21. The number of hydrogen-bond donors (Lipinski definition) is 0. The molecule has 0 radical (unpaired) electrons. The van der Waals surface area contributed by atoms with Crippen LogP contribution in [-0.2, 0) is 0 Å². The van der Waals surface area contributed by atoms with Gasteiger partial charge >= 0.3 is 0 Å². The summed E-state index contributed by atoms with van der Waals surface area (Å²) < 4.78 is 0. The second-order valence-electron chi connectivity index (χ2n) is 5.22.